The van der Waals surface area contributed by atoms with Crippen LogP contribution in [0.4, 0.5) is 0 Å². The molecule has 0 fully saturated rings. The smallest absolute Gasteiger partial charge is 0.0541 e. The Morgan fingerprint density at radius 1 is 0.486 bits per heavy atom. The van der Waals surface area contributed by atoms with Gasteiger partial charge in [-0.05, 0) is 57.5 Å². The SMILES string of the molecule is CC(C)(C)c1ccc(C=Cc2ccc(-c3ccc(-n4c5ccccc5c5ccccc54)cc3)cc2)cc1. The van der Waals surface area contributed by atoms with Crippen LogP contribution in [0.2, 0.25) is 0 Å². The summed E-state index contributed by atoms with van der Waals surface area (Å²) < 4.78 is 2.36. The molecule has 6 aromatic rings. The summed E-state index contributed by atoms with van der Waals surface area (Å²) in [4.78, 5) is 0. The second-order valence-corrected chi connectivity index (χ2v) is 10.7. The summed E-state index contributed by atoms with van der Waals surface area (Å²) in [5, 5.41) is 2.58. The molecule has 0 aliphatic heterocycles. The number of nitrogens with zero attached hydrogens (tertiary/aromatic N) is 1. The van der Waals surface area contributed by atoms with Gasteiger partial charge in [-0.2, -0.15) is 0 Å². The Kier molecular flexibility index (Phi) is 5.77. The highest BCUT2D eigenvalue weighted by Gasteiger charge is 2.13. The lowest BCUT2D eigenvalue weighted by molar-refractivity contribution is 0.590. The molecule has 0 N–H and O–H groups in total. The Balaban J connectivity index is 1.24. The summed E-state index contributed by atoms with van der Waals surface area (Å²) >= 11 is 0. The van der Waals surface area contributed by atoms with Crippen molar-refractivity contribution in [3.63, 3.8) is 0 Å². The first-order chi connectivity index (χ1) is 18.0. The Morgan fingerprint density at radius 3 is 1.41 bits per heavy atom. The van der Waals surface area contributed by atoms with Crippen molar-refractivity contribution in [1.82, 2.24) is 4.57 Å². The summed E-state index contributed by atoms with van der Waals surface area (Å²) in [6.07, 6.45) is 4.36. The highest BCUT2D eigenvalue weighted by Crippen LogP contribution is 2.32. The second kappa shape index (κ2) is 9.26. The highest BCUT2D eigenvalue weighted by atomic mass is 15.0. The lowest BCUT2D eigenvalue weighted by atomic mass is 9.87. The molecule has 1 aromatic heterocycles. The van der Waals surface area contributed by atoms with Gasteiger partial charge in [0.05, 0.1) is 11.0 Å². The molecule has 5 aromatic carbocycles. The molecule has 0 aliphatic rings. The molecule has 1 nitrogen and oxygen atoms in total. The maximum atomic E-state index is 2.36. The molecule has 0 bridgehead atoms. The third-order valence-electron chi connectivity index (χ3n) is 7.19. The van der Waals surface area contributed by atoms with Crippen LogP contribution in [0, 0.1) is 0 Å². The van der Waals surface area contributed by atoms with Crippen molar-refractivity contribution >= 4 is 34.0 Å². The Morgan fingerprint density at radius 2 is 0.919 bits per heavy atom. The maximum absolute atomic E-state index is 2.36. The van der Waals surface area contributed by atoms with Gasteiger partial charge in [-0.25, -0.2) is 0 Å². The zero-order valence-electron chi connectivity index (χ0n) is 21.6. The minimum Gasteiger partial charge on any atom is -0.309 e. The van der Waals surface area contributed by atoms with Crippen LogP contribution in [0.15, 0.2) is 121 Å². The quantitative estimate of drug-likeness (QED) is 0.223. The molecule has 1 heteroatoms. The van der Waals surface area contributed by atoms with Gasteiger partial charge in [0.25, 0.3) is 0 Å². The first-order valence-electron chi connectivity index (χ1n) is 13.0. The van der Waals surface area contributed by atoms with Crippen molar-refractivity contribution in [2.24, 2.45) is 0 Å². The van der Waals surface area contributed by atoms with E-state index in [2.05, 4.69) is 159 Å². The van der Waals surface area contributed by atoms with Crippen molar-refractivity contribution in [2.45, 2.75) is 26.2 Å². The lowest BCUT2D eigenvalue weighted by Crippen LogP contribution is -2.10. The molecular weight excluding hydrogens is 446 g/mol. The van der Waals surface area contributed by atoms with Crippen molar-refractivity contribution in [3.8, 4) is 16.8 Å². The van der Waals surface area contributed by atoms with Gasteiger partial charge in [-0.1, -0.05) is 130 Å². The number of fused-ring (bicyclic) bond motifs is 3. The molecule has 0 saturated heterocycles. The third-order valence-corrected chi connectivity index (χ3v) is 7.19. The minimum absolute atomic E-state index is 0.180. The Labute approximate surface area is 219 Å². The first-order valence-corrected chi connectivity index (χ1v) is 13.0. The highest BCUT2D eigenvalue weighted by molar-refractivity contribution is 6.09. The fourth-order valence-corrected chi connectivity index (χ4v) is 5.08. The molecule has 1 heterocycles. The number of hydrogen-bond donors (Lipinski definition) is 0. The van der Waals surface area contributed by atoms with E-state index >= 15 is 0 Å². The average Bonchev–Trinajstić information content (AvgIpc) is 3.27. The molecular formula is C36H31N. The van der Waals surface area contributed by atoms with Gasteiger partial charge >= 0.3 is 0 Å². The van der Waals surface area contributed by atoms with Gasteiger partial charge in [-0.3, -0.25) is 0 Å². The van der Waals surface area contributed by atoms with Gasteiger partial charge < -0.3 is 4.57 Å². The van der Waals surface area contributed by atoms with Gasteiger partial charge in [-0.15, -0.1) is 0 Å². The number of rotatable bonds is 4. The van der Waals surface area contributed by atoms with Crippen LogP contribution in [0.1, 0.15) is 37.5 Å². The van der Waals surface area contributed by atoms with E-state index in [4.69, 9.17) is 0 Å². The summed E-state index contributed by atoms with van der Waals surface area (Å²) in [6.45, 7) is 6.74. The normalized spacial score (nSPS) is 12.1. The van der Waals surface area contributed by atoms with Gasteiger partial charge in [0.2, 0.25) is 0 Å². The van der Waals surface area contributed by atoms with Crippen molar-refractivity contribution in [1.29, 1.82) is 0 Å². The van der Waals surface area contributed by atoms with E-state index in [0.29, 0.717) is 0 Å². The lowest BCUT2D eigenvalue weighted by Gasteiger charge is -2.18. The summed E-state index contributed by atoms with van der Waals surface area (Å²) in [7, 11) is 0. The third kappa shape index (κ3) is 4.49. The molecule has 0 aliphatic carbocycles. The number of para-hydroxylation sites is 2. The van der Waals surface area contributed by atoms with Gasteiger partial charge in [0.15, 0.2) is 0 Å². The van der Waals surface area contributed by atoms with E-state index in [1.807, 2.05) is 0 Å². The zero-order valence-corrected chi connectivity index (χ0v) is 21.6. The van der Waals surface area contributed by atoms with Crippen LogP contribution in [0.25, 0.3) is 50.8 Å². The van der Waals surface area contributed by atoms with Crippen molar-refractivity contribution < 1.29 is 0 Å². The number of hydrogen-bond acceptors (Lipinski definition) is 0. The van der Waals surface area contributed by atoms with Crippen molar-refractivity contribution in [2.75, 3.05) is 0 Å². The van der Waals surface area contributed by atoms with Crippen LogP contribution < -0.4 is 0 Å². The number of benzene rings is 5. The van der Waals surface area contributed by atoms with Crippen LogP contribution in [-0.4, -0.2) is 4.57 Å². The largest absolute Gasteiger partial charge is 0.309 e. The van der Waals surface area contributed by atoms with Gasteiger partial charge in [0.1, 0.15) is 0 Å². The second-order valence-electron chi connectivity index (χ2n) is 10.7. The summed E-state index contributed by atoms with van der Waals surface area (Å²) in [5.41, 5.74) is 10.1. The summed E-state index contributed by atoms with van der Waals surface area (Å²) in [5.74, 6) is 0. The van der Waals surface area contributed by atoms with E-state index in [0.717, 1.165) is 0 Å². The van der Waals surface area contributed by atoms with E-state index < -0.39 is 0 Å². The van der Waals surface area contributed by atoms with Crippen LogP contribution in [0.5, 0.6) is 0 Å². The van der Waals surface area contributed by atoms with Crippen LogP contribution in [-0.2, 0) is 5.41 Å². The molecule has 37 heavy (non-hydrogen) atoms. The molecule has 0 spiro atoms. The Bertz CT molecular complexity index is 1650. The van der Waals surface area contributed by atoms with Gasteiger partial charge in [0, 0.05) is 16.5 Å². The number of aromatic nitrogens is 1. The molecule has 0 atom stereocenters. The van der Waals surface area contributed by atoms with E-state index in [1.165, 1.54) is 55.3 Å². The fourth-order valence-electron chi connectivity index (χ4n) is 5.08. The monoisotopic (exact) mass is 477 g/mol. The molecule has 0 unspecified atom stereocenters. The molecule has 0 radical (unpaired) electrons. The standard InChI is InChI=1S/C36H31N/c1-36(2,3)30-22-16-27(17-23-30)13-12-26-14-18-28(19-15-26)29-20-24-31(25-21-29)37-34-10-6-4-8-32(34)33-9-5-7-11-35(33)37/h4-25H,1-3H3. The average molecular weight is 478 g/mol. The maximum Gasteiger partial charge on any atom is 0.0541 e. The zero-order chi connectivity index (χ0) is 25.4. The van der Waals surface area contributed by atoms with Crippen LogP contribution >= 0.6 is 0 Å². The van der Waals surface area contributed by atoms with Crippen molar-refractivity contribution in [3.05, 3.63) is 138 Å². The molecule has 6 rings (SSSR count). The molecule has 0 saturated carbocycles. The Hall–Kier alpha value is -4.36. The fraction of sp³-hybridized carbons (Fsp3) is 0.111. The predicted octanol–water partition coefficient (Wildman–Crippen LogP) is 9.92. The van der Waals surface area contributed by atoms with E-state index in [1.54, 1.807) is 0 Å². The topological polar surface area (TPSA) is 4.93 Å². The minimum atomic E-state index is 0.180. The van der Waals surface area contributed by atoms with Crippen LogP contribution in [0.3, 0.4) is 0 Å². The molecule has 180 valence electrons. The first kappa shape index (κ1) is 23.1. The summed E-state index contributed by atoms with van der Waals surface area (Å²) in [6, 6.07) is 43.8. The predicted molar refractivity (Wildman–Crippen MR) is 160 cm³/mol. The van der Waals surface area contributed by atoms with E-state index in [-0.39, 0.29) is 5.41 Å². The van der Waals surface area contributed by atoms with E-state index in [9.17, 15) is 0 Å². The molecule has 0 amide bonds.